The van der Waals surface area contributed by atoms with E-state index in [1.807, 2.05) is 0 Å². The third-order valence-electron chi connectivity index (χ3n) is 3.03. The van der Waals surface area contributed by atoms with Gasteiger partial charge < -0.3 is 5.11 Å². The van der Waals surface area contributed by atoms with E-state index in [-0.39, 0.29) is 21.9 Å². The molecule has 0 unspecified atom stereocenters. The lowest BCUT2D eigenvalue weighted by atomic mass is 10.1. The van der Waals surface area contributed by atoms with Gasteiger partial charge in [-0.15, -0.1) is 0 Å². The van der Waals surface area contributed by atoms with Gasteiger partial charge in [-0.05, 0) is 36.4 Å². The third kappa shape index (κ3) is 3.53. The molecule has 0 fully saturated rings. The maximum absolute atomic E-state index is 12.5. The van der Waals surface area contributed by atoms with Crippen molar-refractivity contribution in [2.75, 3.05) is 0 Å². The van der Waals surface area contributed by atoms with Crippen molar-refractivity contribution < 1.29 is 18.4 Å². The van der Waals surface area contributed by atoms with Crippen LogP contribution in [-0.4, -0.2) is 18.4 Å². The van der Waals surface area contributed by atoms with Gasteiger partial charge in [-0.25, -0.2) is 8.42 Å². The molecule has 2 aromatic rings. The molecule has 122 valence electrons. The molecule has 0 bridgehead atoms. The van der Waals surface area contributed by atoms with Crippen molar-refractivity contribution in [1.82, 2.24) is 0 Å². The van der Waals surface area contributed by atoms with Gasteiger partial charge in [-0.1, -0.05) is 11.6 Å². The monoisotopic (exact) mass is 364 g/mol. The Hall–Kier alpha value is -2.89. The number of sulfone groups is 1. The summed E-state index contributed by atoms with van der Waals surface area (Å²) in [6.07, 6.45) is 0.881. The summed E-state index contributed by atoms with van der Waals surface area (Å²) in [6, 6.07) is 9.80. The lowest BCUT2D eigenvalue weighted by Crippen LogP contribution is -2.03. The molecular weight excluding hydrogens is 356 g/mol. The number of nitrogens with zero attached hydrogens (tertiary/aromatic N) is 2. The minimum absolute atomic E-state index is 0.154. The number of phenols is 1. The highest BCUT2D eigenvalue weighted by molar-refractivity contribution is 7.95. The van der Waals surface area contributed by atoms with Crippen LogP contribution in [0, 0.1) is 21.4 Å². The molecule has 0 aliphatic carbocycles. The normalized spacial score (nSPS) is 11.8. The second-order valence-corrected chi connectivity index (χ2v) is 6.93. The zero-order chi connectivity index (χ0) is 17.9. The number of rotatable bonds is 4. The number of hydrogen-bond donors (Lipinski definition) is 1. The Kier molecular flexibility index (Phi) is 4.87. The lowest BCUT2D eigenvalue weighted by Gasteiger charge is -2.04. The van der Waals surface area contributed by atoms with Gasteiger partial charge in [0.1, 0.15) is 16.7 Å². The van der Waals surface area contributed by atoms with Gasteiger partial charge in [-0.3, -0.25) is 10.1 Å². The highest BCUT2D eigenvalue weighted by atomic mass is 35.5. The average molecular weight is 365 g/mol. The molecule has 0 atom stereocenters. The fraction of sp³-hybridized carbons (Fsp3) is 0. The number of phenolic OH excluding ortho intramolecular Hbond substituents is 1. The first-order valence-electron chi connectivity index (χ1n) is 6.35. The van der Waals surface area contributed by atoms with Crippen LogP contribution in [0.15, 0.2) is 52.3 Å². The lowest BCUT2D eigenvalue weighted by molar-refractivity contribution is -0.384. The topological polar surface area (TPSA) is 121 Å². The Morgan fingerprint density at radius 2 is 1.88 bits per heavy atom. The van der Waals surface area contributed by atoms with Gasteiger partial charge in [0.25, 0.3) is 5.69 Å². The van der Waals surface area contributed by atoms with E-state index in [0.717, 1.165) is 24.3 Å². The first kappa shape index (κ1) is 17.5. The molecule has 0 aromatic heterocycles. The number of benzene rings is 2. The predicted octanol–water partition coefficient (Wildman–Crippen LogP) is 3.29. The van der Waals surface area contributed by atoms with Crippen LogP contribution in [0.1, 0.15) is 5.56 Å². The van der Waals surface area contributed by atoms with Gasteiger partial charge in [-0.2, -0.15) is 5.26 Å². The summed E-state index contributed by atoms with van der Waals surface area (Å²) >= 11 is 5.70. The number of aromatic hydroxyl groups is 1. The van der Waals surface area contributed by atoms with Gasteiger partial charge in [0.2, 0.25) is 9.84 Å². The number of halogens is 1. The summed E-state index contributed by atoms with van der Waals surface area (Å²) in [5.74, 6) is -0.389. The maximum atomic E-state index is 12.5. The van der Waals surface area contributed by atoms with Gasteiger partial charge in [0.15, 0.2) is 0 Å². The van der Waals surface area contributed by atoms with Crippen molar-refractivity contribution in [1.29, 1.82) is 5.26 Å². The number of allylic oxidation sites excluding steroid dienone is 1. The smallest absolute Gasteiger partial charge is 0.270 e. The number of non-ortho nitro benzene ring substituents is 1. The molecule has 1 N–H and O–H groups in total. The first-order valence-corrected chi connectivity index (χ1v) is 8.21. The van der Waals surface area contributed by atoms with Crippen molar-refractivity contribution in [3.8, 4) is 11.8 Å². The van der Waals surface area contributed by atoms with E-state index in [1.165, 1.54) is 30.3 Å². The van der Waals surface area contributed by atoms with E-state index in [9.17, 15) is 23.6 Å². The third-order valence-corrected chi connectivity index (χ3v) is 4.97. The second kappa shape index (κ2) is 6.70. The molecule has 0 radical (unpaired) electrons. The largest absolute Gasteiger partial charge is 0.507 e. The second-order valence-electron chi connectivity index (χ2n) is 4.58. The van der Waals surface area contributed by atoms with E-state index in [1.54, 1.807) is 0 Å². The Morgan fingerprint density at radius 3 is 2.42 bits per heavy atom. The Bertz CT molecular complexity index is 976. The Balaban J connectivity index is 2.58. The van der Waals surface area contributed by atoms with Gasteiger partial charge >= 0.3 is 0 Å². The quantitative estimate of drug-likeness (QED) is 0.504. The van der Waals surface area contributed by atoms with Crippen LogP contribution in [-0.2, 0) is 9.84 Å². The molecule has 0 aliphatic heterocycles. The van der Waals surface area contributed by atoms with E-state index in [0.29, 0.717) is 5.02 Å². The van der Waals surface area contributed by atoms with E-state index < -0.39 is 19.7 Å². The van der Waals surface area contributed by atoms with Crippen LogP contribution in [0.4, 0.5) is 5.69 Å². The number of hydrogen-bond acceptors (Lipinski definition) is 6. The summed E-state index contributed by atoms with van der Waals surface area (Å²) in [5.41, 5.74) is -0.501. The molecule has 24 heavy (non-hydrogen) atoms. The van der Waals surface area contributed by atoms with E-state index in [4.69, 9.17) is 16.9 Å². The molecule has 0 heterocycles. The predicted molar refractivity (Wildman–Crippen MR) is 87.0 cm³/mol. The summed E-state index contributed by atoms with van der Waals surface area (Å²) in [7, 11) is -4.16. The minimum atomic E-state index is -4.16. The first-order chi connectivity index (χ1) is 11.3. The van der Waals surface area contributed by atoms with Gasteiger partial charge in [0, 0.05) is 22.7 Å². The molecule has 0 amide bonds. The van der Waals surface area contributed by atoms with E-state index >= 15 is 0 Å². The van der Waals surface area contributed by atoms with Crippen molar-refractivity contribution in [3.05, 3.63) is 68.1 Å². The van der Waals surface area contributed by atoms with Crippen LogP contribution in [0.5, 0.6) is 5.75 Å². The van der Waals surface area contributed by atoms with Crippen LogP contribution in [0.2, 0.25) is 5.02 Å². The fourth-order valence-corrected chi connectivity index (χ4v) is 3.10. The minimum Gasteiger partial charge on any atom is -0.507 e. The highest BCUT2D eigenvalue weighted by Crippen LogP contribution is 2.28. The van der Waals surface area contributed by atoms with Gasteiger partial charge in [0.05, 0.1) is 9.82 Å². The van der Waals surface area contributed by atoms with Crippen molar-refractivity contribution in [2.24, 2.45) is 0 Å². The Morgan fingerprint density at radius 1 is 1.25 bits per heavy atom. The SMILES string of the molecule is N#CC(=Cc1cc([N+](=O)[O-])ccc1O)S(=O)(=O)c1ccc(Cl)cc1. The van der Waals surface area contributed by atoms with Crippen molar-refractivity contribution in [2.45, 2.75) is 4.90 Å². The molecule has 0 saturated carbocycles. The average Bonchev–Trinajstić information content (AvgIpc) is 2.54. The number of nitro groups is 1. The zero-order valence-electron chi connectivity index (χ0n) is 11.9. The number of nitro benzene ring substituents is 1. The molecular formula is C15H9ClN2O5S. The molecule has 0 aliphatic rings. The van der Waals surface area contributed by atoms with Crippen molar-refractivity contribution >= 4 is 33.2 Å². The molecule has 0 saturated heterocycles. The Labute approximate surface area is 142 Å². The van der Waals surface area contributed by atoms with Crippen LogP contribution >= 0.6 is 11.6 Å². The van der Waals surface area contributed by atoms with Crippen molar-refractivity contribution in [3.63, 3.8) is 0 Å². The summed E-state index contributed by atoms with van der Waals surface area (Å²) in [5, 5.41) is 30.0. The van der Waals surface area contributed by atoms with Crippen LogP contribution < -0.4 is 0 Å². The number of nitriles is 1. The standard InChI is InChI=1S/C15H9ClN2O5S/c16-11-1-4-13(5-2-11)24(22,23)14(9-17)8-10-7-12(18(20)21)3-6-15(10)19/h1-8,19H. The molecule has 2 rings (SSSR count). The summed E-state index contributed by atoms with van der Waals surface area (Å²) in [4.78, 5) is 9.25. The molecule has 7 nitrogen and oxygen atoms in total. The van der Waals surface area contributed by atoms with Crippen LogP contribution in [0.25, 0.3) is 6.08 Å². The molecule has 2 aromatic carbocycles. The zero-order valence-corrected chi connectivity index (χ0v) is 13.5. The molecule has 9 heteroatoms. The van der Waals surface area contributed by atoms with Crippen LogP contribution in [0.3, 0.4) is 0 Å². The molecule has 0 spiro atoms. The summed E-state index contributed by atoms with van der Waals surface area (Å²) < 4.78 is 24.9. The summed E-state index contributed by atoms with van der Waals surface area (Å²) in [6.45, 7) is 0. The van der Waals surface area contributed by atoms with E-state index in [2.05, 4.69) is 0 Å². The maximum Gasteiger partial charge on any atom is 0.270 e. The fourth-order valence-electron chi connectivity index (χ4n) is 1.82. The highest BCUT2D eigenvalue weighted by Gasteiger charge is 2.22.